The quantitative estimate of drug-likeness (QED) is 0.0961. The molecule has 0 N–H and O–H groups in total. The Morgan fingerprint density at radius 3 is 1.38 bits per heavy atom. The Labute approximate surface area is 265 Å². The molecule has 40 heavy (non-hydrogen) atoms. The van der Waals surface area contributed by atoms with E-state index in [0.717, 1.165) is 11.3 Å². The van der Waals surface area contributed by atoms with Crippen LogP contribution in [0.3, 0.4) is 0 Å². The minimum atomic E-state index is -6.00. The third-order valence-electron chi connectivity index (χ3n) is 4.94. The standard InChI is InChI=1S/C17H25NP.C8H12.3CO.BF4.Mn.Rh/c1-12(2)19(13(3)4)17-15-10-8-7-9-14(15)11-16(17)18(5)6;1-2-4-6-8-7-5-3-1;3*1-2;2-1(3,4)5;;/h7-13H,1-6H3;1-2,7-8H,3-6H2;;;;;;/q;;;;;-1;;. The van der Waals surface area contributed by atoms with Gasteiger partial charge in [0.25, 0.3) is 0 Å². The molecule has 0 aromatic heterocycles. The van der Waals surface area contributed by atoms with E-state index < -0.39 is 7.25 Å². The molecule has 3 aliphatic carbocycles. The van der Waals surface area contributed by atoms with Gasteiger partial charge in [-0.1, -0.05) is 59.9 Å². The van der Waals surface area contributed by atoms with Crippen LogP contribution >= 0.6 is 7.92 Å². The molecular weight excluding hydrogens is 674 g/mol. The average Bonchev–Trinajstić information content (AvgIpc) is 3.21. The molecule has 0 heterocycles. The van der Waals surface area contributed by atoms with Crippen molar-refractivity contribution in [2.45, 2.75) is 64.7 Å². The summed E-state index contributed by atoms with van der Waals surface area (Å²) in [5.41, 5.74) is 3.04. The minimum absolute atomic E-state index is 0. The maximum Gasteiger partial charge on any atom is 0 e. The first-order valence-corrected chi connectivity index (χ1v) is 13.3. The van der Waals surface area contributed by atoms with E-state index in [0.29, 0.717) is 0 Å². The number of hydrogen-bond donors (Lipinski definition) is 0. The van der Waals surface area contributed by atoms with Gasteiger partial charge in [0.2, 0.25) is 0 Å². The van der Waals surface area contributed by atoms with Crippen molar-refractivity contribution in [1.82, 2.24) is 4.90 Å². The Balaban J connectivity index is -0.000000163. The number of allylic oxidation sites excluding steroid dienone is 4. The molecule has 225 valence electrons. The van der Waals surface area contributed by atoms with Crippen molar-refractivity contribution in [3.05, 3.63) is 99.9 Å². The van der Waals surface area contributed by atoms with Crippen molar-refractivity contribution in [1.29, 1.82) is 0 Å². The molecule has 12 heteroatoms. The van der Waals surface area contributed by atoms with Crippen LogP contribution in [-0.4, -0.2) is 37.6 Å². The second-order valence-corrected chi connectivity index (χ2v) is 11.9. The predicted molar refractivity (Wildman–Crippen MR) is 144 cm³/mol. The molecule has 2 fully saturated rings. The van der Waals surface area contributed by atoms with Gasteiger partial charge in [-0.25, -0.2) is 0 Å². The zero-order chi connectivity index (χ0) is 30.3. The molecule has 0 atom stereocenters. The van der Waals surface area contributed by atoms with Crippen molar-refractivity contribution in [2.24, 2.45) is 0 Å². The SMILES string of the molecule is CC(C)P([C]1[C]2C=CC=C[C]2[CH][C]1N(C)C)C(C)C.F[B-](F)(F)F.[C-]#[O+].[C-]#[O+].[C-]#[O+].[CH]1[CH]CC[CH][CH]CC1.[Mn].[Rh]. The van der Waals surface area contributed by atoms with Gasteiger partial charge in [-0.3, -0.25) is 0 Å². The topological polar surface area (TPSA) is 62.9 Å². The van der Waals surface area contributed by atoms with Crippen LogP contribution in [0.15, 0.2) is 24.3 Å². The maximum atomic E-state index is 9.75. The van der Waals surface area contributed by atoms with Crippen LogP contribution in [-0.2, 0) is 50.5 Å². The molecular formula is C28H37BF4MnNO3PRh-. The summed E-state index contributed by atoms with van der Waals surface area (Å²) in [6.45, 7) is 23.0. The van der Waals surface area contributed by atoms with Crippen molar-refractivity contribution in [3.8, 4) is 0 Å². The zero-order valence-electron chi connectivity index (χ0n) is 23.6. The summed E-state index contributed by atoms with van der Waals surface area (Å²) in [7, 11) is -1.81. The van der Waals surface area contributed by atoms with Gasteiger partial charge in [-0.05, 0) is 83.2 Å². The Hall–Kier alpha value is 0.0178. The van der Waals surface area contributed by atoms with Crippen LogP contribution in [0.2, 0.25) is 0 Å². The van der Waals surface area contributed by atoms with Crippen molar-refractivity contribution >= 4 is 15.2 Å². The van der Waals surface area contributed by atoms with Crippen LogP contribution in [0.4, 0.5) is 17.3 Å². The predicted octanol–water partition coefficient (Wildman–Crippen LogP) is 7.96. The number of hydrogen-bond acceptors (Lipinski definition) is 1. The summed E-state index contributed by atoms with van der Waals surface area (Å²) in [5, 5.41) is 0. The molecule has 0 amide bonds. The molecule has 0 aliphatic heterocycles. The number of rotatable bonds is 4. The summed E-state index contributed by atoms with van der Waals surface area (Å²) in [5.74, 6) is 2.84. The summed E-state index contributed by atoms with van der Waals surface area (Å²) < 4.78 is 61.5. The van der Waals surface area contributed by atoms with E-state index in [-0.39, 0.29) is 44.5 Å². The normalized spacial score (nSPS) is 17.2. The van der Waals surface area contributed by atoms with E-state index in [4.69, 9.17) is 14.0 Å². The summed E-state index contributed by atoms with van der Waals surface area (Å²) in [4.78, 5) is 2.27. The van der Waals surface area contributed by atoms with Gasteiger partial charge >= 0.3 is 41.2 Å². The summed E-state index contributed by atoms with van der Waals surface area (Å²) in [6, 6.07) is 1.41. The largest absolute Gasteiger partial charge is 0.0496 e. The van der Waals surface area contributed by atoms with E-state index in [2.05, 4.69) is 123 Å². The molecule has 3 aliphatic rings. The molecule has 2 saturated carbocycles. The van der Waals surface area contributed by atoms with Gasteiger partial charge in [-0.2, -0.15) is 0 Å². The van der Waals surface area contributed by atoms with Crippen molar-refractivity contribution < 1.29 is 67.8 Å². The molecule has 4 nitrogen and oxygen atoms in total. The number of halogens is 4. The maximum absolute atomic E-state index is 9.75. The van der Waals surface area contributed by atoms with Gasteiger partial charge in [0.15, 0.2) is 0 Å². The van der Waals surface area contributed by atoms with Crippen LogP contribution < -0.4 is 0 Å². The van der Waals surface area contributed by atoms with E-state index in [1.807, 2.05) is 0 Å². The van der Waals surface area contributed by atoms with Crippen molar-refractivity contribution in [3.63, 3.8) is 0 Å². The molecule has 0 aromatic carbocycles. The Kier molecular flexibility index (Phi) is 37.9. The van der Waals surface area contributed by atoms with Gasteiger partial charge in [0, 0.05) is 54.0 Å². The fourth-order valence-corrected chi connectivity index (χ4v) is 7.01. The van der Waals surface area contributed by atoms with Crippen LogP contribution in [0.1, 0.15) is 53.4 Å². The smallest absolute Gasteiger partial charge is 0 e. The van der Waals surface area contributed by atoms with Crippen molar-refractivity contribution in [2.75, 3.05) is 14.1 Å². The first-order chi connectivity index (χ1) is 17.9. The van der Waals surface area contributed by atoms with E-state index in [1.165, 1.54) is 43.6 Å². The Bertz CT molecular complexity index is 655. The Morgan fingerprint density at radius 2 is 1.07 bits per heavy atom. The van der Waals surface area contributed by atoms with Gasteiger partial charge in [0.1, 0.15) is 0 Å². The molecule has 0 aromatic rings. The van der Waals surface area contributed by atoms with Crippen LogP contribution in [0.25, 0.3) is 0 Å². The molecule has 0 spiro atoms. The second-order valence-electron chi connectivity index (χ2n) is 8.55. The fourth-order valence-electron chi connectivity index (χ4n) is 3.77. The monoisotopic (exact) mass is 711 g/mol. The van der Waals surface area contributed by atoms with Crippen LogP contribution in [0, 0.1) is 75.6 Å². The molecule has 0 saturated heterocycles. The Morgan fingerprint density at radius 1 is 0.750 bits per heavy atom. The zero-order valence-corrected chi connectivity index (χ0v) is 27.3. The first-order valence-electron chi connectivity index (χ1n) is 11.9. The van der Waals surface area contributed by atoms with Crippen LogP contribution in [0.5, 0.6) is 0 Å². The third kappa shape index (κ3) is 23.6. The van der Waals surface area contributed by atoms with E-state index in [9.17, 15) is 17.3 Å². The number of nitrogens with zero attached hydrogens (tertiary/aromatic N) is 1. The van der Waals surface area contributed by atoms with E-state index in [1.54, 1.807) is 5.66 Å². The van der Waals surface area contributed by atoms with E-state index >= 15 is 0 Å². The van der Waals surface area contributed by atoms with Gasteiger partial charge < -0.3 is 22.2 Å². The van der Waals surface area contributed by atoms with Gasteiger partial charge in [-0.15, -0.1) is 0 Å². The average molecular weight is 711 g/mol. The molecule has 0 bridgehead atoms. The summed E-state index contributed by atoms with van der Waals surface area (Å²) >= 11 is 0. The number of fused-ring (bicyclic) bond motifs is 1. The molecule has 0 unspecified atom stereocenters. The second kappa shape index (κ2) is 30.5. The fraction of sp³-hybridized carbons (Fsp3) is 0.429. The summed E-state index contributed by atoms with van der Waals surface area (Å²) in [6.07, 6.45) is 25.2. The third-order valence-corrected chi connectivity index (χ3v) is 8.15. The van der Waals surface area contributed by atoms with Gasteiger partial charge in [0.05, 0.1) is 6.04 Å². The first kappa shape index (κ1) is 49.7. The molecule has 11 radical (unpaired) electrons. The molecule has 3 rings (SSSR count). The minimum Gasteiger partial charge on any atom is -0.0496 e.